The molecule has 26 heavy (non-hydrogen) atoms. The maximum absolute atomic E-state index is 12.7. The summed E-state index contributed by atoms with van der Waals surface area (Å²) in [5.74, 6) is 0.586. The van der Waals surface area contributed by atoms with E-state index in [4.69, 9.17) is 0 Å². The zero-order valence-corrected chi connectivity index (χ0v) is 15.9. The van der Waals surface area contributed by atoms with E-state index in [-0.39, 0.29) is 0 Å². The van der Waals surface area contributed by atoms with E-state index in [0.717, 1.165) is 38.9 Å². The highest BCUT2D eigenvalue weighted by molar-refractivity contribution is 7.89. The largest absolute Gasteiger partial charge is 0.298 e. The van der Waals surface area contributed by atoms with Crippen LogP contribution in [-0.2, 0) is 23.0 Å². The van der Waals surface area contributed by atoms with Gasteiger partial charge >= 0.3 is 0 Å². The first-order valence-corrected chi connectivity index (χ1v) is 10.9. The molecule has 2 aliphatic heterocycles. The van der Waals surface area contributed by atoms with Crippen LogP contribution in [0.3, 0.4) is 0 Å². The van der Waals surface area contributed by atoms with Crippen molar-refractivity contribution < 1.29 is 8.42 Å². The second-order valence-corrected chi connectivity index (χ2v) is 9.35. The Morgan fingerprint density at radius 1 is 0.846 bits per heavy atom. The normalized spacial score (nSPS) is 20.0. The minimum absolute atomic E-state index is 0.408. The van der Waals surface area contributed by atoms with E-state index in [1.807, 2.05) is 6.07 Å². The molecule has 0 N–H and O–H groups in total. The van der Waals surface area contributed by atoms with Crippen LogP contribution in [0.4, 0.5) is 0 Å². The lowest BCUT2D eigenvalue weighted by molar-refractivity contribution is 0.171. The summed E-state index contributed by atoms with van der Waals surface area (Å²) < 4.78 is 27.1. The minimum atomic E-state index is -3.34. The predicted molar refractivity (Wildman–Crippen MR) is 103 cm³/mol. The SMILES string of the molecule is O=S(=O)(c1ccccc1)N1CCC(CN2CCc3ccccc3C2)CC1. The monoisotopic (exact) mass is 370 g/mol. The molecule has 1 fully saturated rings. The van der Waals surface area contributed by atoms with Crippen LogP contribution in [0.2, 0.25) is 0 Å². The number of piperidine rings is 1. The molecule has 1 saturated heterocycles. The van der Waals surface area contributed by atoms with Gasteiger partial charge in [-0.05, 0) is 48.4 Å². The van der Waals surface area contributed by atoms with Crippen LogP contribution in [-0.4, -0.2) is 43.8 Å². The van der Waals surface area contributed by atoms with Crippen molar-refractivity contribution in [1.29, 1.82) is 0 Å². The van der Waals surface area contributed by atoms with E-state index in [9.17, 15) is 8.42 Å². The number of nitrogens with zero attached hydrogens (tertiary/aromatic N) is 2. The van der Waals surface area contributed by atoms with Gasteiger partial charge in [-0.25, -0.2) is 8.42 Å². The van der Waals surface area contributed by atoms with E-state index in [1.165, 1.54) is 11.1 Å². The molecule has 4 nitrogen and oxygen atoms in total. The quantitative estimate of drug-likeness (QED) is 0.830. The summed E-state index contributed by atoms with van der Waals surface area (Å²) >= 11 is 0. The molecule has 138 valence electrons. The zero-order chi connectivity index (χ0) is 18.0. The van der Waals surface area contributed by atoms with Crippen molar-refractivity contribution in [3.05, 3.63) is 65.7 Å². The summed E-state index contributed by atoms with van der Waals surface area (Å²) in [6.45, 7) is 4.48. The summed E-state index contributed by atoms with van der Waals surface area (Å²) in [5.41, 5.74) is 2.93. The van der Waals surface area contributed by atoms with Crippen molar-refractivity contribution in [2.75, 3.05) is 26.2 Å². The van der Waals surface area contributed by atoms with Crippen LogP contribution in [0.25, 0.3) is 0 Å². The first kappa shape index (κ1) is 17.7. The van der Waals surface area contributed by atoms with Crippen molar-refractivity contribution in [2.45, 2.75) is 30.7 Å². The Bertz CT molecular complexity index is 843. The van der Waals surface area contributed by atoms with Gasteiger partial charge in [-0.1, -0.05) is 42.5 Å². The fourth-order valence-electron chi connectivity index (χ4n) is 4.15. The van der Waals surface area contributed by atoms with Gasteiger partial charge in [0.2, 0.25) is 10.0 Å². The smallest absolute Gasteiger partial charge is 0.243 e. The van der Waals surface area contributed by atoms with Crippen LogP contribution in [0.1, 0.15) is 24.0 Å². The molecule has 0 atom stereocenters. The highest BCUT2D eigenvalue weighted by Crippen LogP contribution is 2.26. The Balaban J connectivity index is 1.33. The molecule has 4 rings (SSSR count). The lowest BCUT2D eigenvalue weighted by Crippen LogP contribution is -2.42. The van der Waals surface area contributed by atoms with Crippen LogP contribution in [0, 0.1) is 5.92 Å². The minimum Gasteiger partial charge on any atom is -0.298 e. The summed E-state index contributed by atoms with van der Waals surface area (Å²) in [7, 11) is -3.34. The third-order valence-corrected chi connectivity index (χ3v) is 7.59. The molecule has 0 spiro atoms. The lowest BCUT2D eigenvalue weighted by Gasteiger charge is -2.36. The Morgan fingerprint density at radius 2 is 1.50 bits per heavy atom. The molecule has 2 aliphatic rings. The number of hydrogen-bond donors (Lipinski definition) is 0. The number of fused-ring (bicyclic) bond motifs is 1. The van der Waals surface area contributed by atoms with Gasteiger partial charge in [-0.2, -0.15) is 4.31 Å². The van der Waals surface area contributed by atoms with Crippen LogP contribution >= 0.6 is 0 Å². The average Bonchev–Trinajstić information content (AvgIpc) is 2.69. The van der Waals surface area contributed by atoms with Crippen molar-refractivity contribution >= 4 is 10.0 Å². The van der Waals surface area contributed by atoms with E-state index in [2.05, 4.69) is 29.2 Å². The van der Waals surface area contributed by atoms with Gasteiger partial charge in [0.15, 0.2) is 0 Å². The summed E-state index contributed by atoms with van der Waals surface area (Å²) in [4.78, 5) is 2.94. The van der Waals surface area contributed by atoms with E-state index in [0.29, 0.717) is 23.9 Å². The zero-order valence-electron chi connectivity index (χ0n) is 15.0. The number of sulfonamides is 1. The summed E-state index contributed by atoms with van der Waals surface area (Å²) in [6, 6.07) is 17.5. The molecule has 2 aromatic carbocycles. The highest BCUT2D eigenvalue weighted by atomic mass is 32.2. The van der Waals surface area contributed by atoms with Gasteiger partial charge in [0.25, 0.3) is 0 Å². The fourth-order valence-corrected chi connectivity index (χ4v) is 5.64. The maximum Gasteiger partial charge on any atom is 0.243 e. The molecular formula is C21H26N2O2S. The van der Waals surface area contributed by atoms with Crippen LogP contribution in [0.15, 0.2) is 59.5 Å². The molecule has 0 unspecified atom stereocenters. The molecular weight excluding hydrogens is 344 g/mol. The van der Waals surface area contributed by atoms with Gasteiger partial charge in [0, 0.05) is 32.7 Å². The molecule has 0 amide bonds. The highest BCUT2D eigenvalue weighted by Gasteiger charge is 2.30. The Hall–Kier alpha value is -1.69. The molecule has 5 heteroatoms. The Kier molecular flexibility index (Phi) is 5.11. The molecule has 0 bridgehead atoms. The molecule has 2 heterocycles. The predicted octanol–water partition coefficient (Wildman–Crippen LogP) is 3.15. The third-order valence-electron chi connectivity index (χ3n) is 5.68. The molecule has 0 aromatic heterocycles. The third kappa shape index (κ3) is 3.70. The molecule has 0 saturated carbocycles. The van der Waals surface area contributed by atoms with Crippen molar-refractivity contribution in [2.24, 2.45) is 5.92 Å². The van der Waals surface area contributed by atoms with Crippen LogP contribution < -0.4 is 0 Å². The van der Waals surface area contributed by atoms with Gasteiger partial charge in [0.05, 0.1) is 4.90 Å². The van der Waals surface area contributed by atoms with Gasteiger partial charge < -0.3 is 0 Å². The van der Waals surface area contributed by atoms with E-state index < -0.39 is 10.0 Å². The maximum atomic E-state index is 12.7. The molecule has 2 aromatic rings. The fraction of sp³-hybridized carbons (Fsp3) is 0.429. The van der Waals surface area contributed by atoms with Crippen molar-refractivity contribution in [3.63, 3.8) is 0 Å². The summed E-state index contributed by atoms with van der Waals surface area (Å²) in [6.07, 6.45) is 3.02. The van der Waals surface area contributed by atoms with Crippen molar-refractivity contribution in [1.82, 2.24) is 9.21 Å². The summed E-state index contributed by atoms with van der Waals surface area (Å²) in [5, 5.41) is 0. The second-order valence-electron chi connectivity index (χ2n) is 7.41. The number of benzene rings is 2. The van der Waals surface area contributed by atoms with Crippen molar-refractivity contribution in [3.8, 4) is 0 Å². The first-order chi connectivity index (χ1) is 12.6. The Labute approximate surface area is 156 Å². The van der Waals surface area contributed by atoms with Gasteiger partial charge in [0.1, 0.15) is 0 Å². The first-order valence-electron chi connectivity index (χ1n) is 9.47. The van der Waals surface area contributed by atoms with Gasteiger partial charge in [-0.15, -0.1) is 0 Å². The lowest BCUT2D eigenvalue weighted by atomic mass is 9.94. The average molecular weight is 371 g/mol. The Morgan fingerprint density at radius 3 is 2.23 bits per heavy atom. The van der Waals surface area contributed by atoms with Gasteiger partial charge in [-0.3, -0.25) is 4.90 Å². The van der Waals surface area contributed by atoms with Crippen LogP contribution in [0.5, 0.6) is 0 Å². The number of rotatable bonds is 4. The topological polar surface area (TPSA) is 40.6 Å². The van der Waals surface area contributed by atoms with E-state index in [1.54, 1.807) is 28.6 Å². The number of hydrogen-bond acceptors (Lipinski definition) is 3. The standard InChI is InChI=1S/C21H26N2O2S/c24-26(25,21-8-2-1-3-9-21)23-14-10-18(11-15-23)16-22-13-12-19-6-4-5-7-20(19)17-22/h1-9,18H,10-17H2. The second kappa shape index (κ2) is 7.51. The molecule has 0 aliphatic carbocycles. The molecule has 0 radical (unpaired) electrons. The van der Waals surface area contributed by atoms with E-state index >= 15 is 0 Å².